The number of ether oxygens (including phenoxy) is 1. The molecule has 2 heterocycles. The molecule has 0 saturated carbocycles. The number of allylic oxidation sites excluding steroid dienone is 2. The van der Waals surface area contributed by atoms with Crippen LogP contribution in [0.5, 0.6) is 5.88 Å². The summed E-state index contributed by atoms with van der Waals surface area (Å²) in [6, 6.07) is 6.33. The van der Waals surface area contributed by atoms with Crippen molar-refractivity contribution in [3.63, 3.8) is 0 Å². The third-order valence-corrected chi connectivity index (χ3v) is 6.80. The van der Waals surface area contributed by atoms with Gasteiger partial charge in [0.25, 0.3) is 0 Å². The molecule has 1 aromatic carbocycles. The minimum absolute atomic E-state index is 0.113. The van der Waals surface area contributed by atoms with Gasteiger partial charge in [0.05, 0.1) is 17.1 Å². The fraction of sp³-hybridized carbons (Fsp3) is 0.385. The molecular weight excluding hydrogens is 537 g/mol. The Morgan fingerprint density at radius 2 is 2.08 bits per heavy atom. The second kappa shape index (κ2) is 11.6. The number of nitrogen functional groups attached to an aromatic ring is 1. The number of aromatic nitrogens is 4. The van der Waals surface area contributed by atoms with Crippen LogP contribution in [0.15, 0.2) is 42.6 Å². The number of carbonyl (C=O) groups is 1. The number of carboxylic acids is 1. The van der Waals surface area contributed by atoms with Crippen molar-refractivity contribution in [2.45, 2.75) is 50.9 Å². The number of anilines is 1. The van der Waals surface area contributed by atoms with Crippen molar-refractivity contribution in [3.05, 3.63) is 64.6 Å². The summed E-state index contributed by atoms with van der Waals surface area (Å²) in [6.45, 7) is 1.72. The van der Waals surface area contributed by atoms with Crippen LogP contribution in [0.4, 0.5) is 19.1 Å². The number of nitrogens with one attached hydrogen (secondary N) is 1. The maximum absolute atomic E-state index is 14.4. The number of halogens is 4. The Kier molecular flexibility index (Phi) is 8.45. The molecule has 4 N–H and O–H groups in total. The zero-order valence-corrected chi connectivity index (χ0v) is 22.0. The van der Waals surface area contributed by atoms with Crippen LogP contribution >= 0.6 is 11.6 Å². The molecule has 0 radical (unpaired) electrons. The summed E-state index contributed by atoms with van der Waals surface area (Å²) in [4.78, 5) is 19.5. The van der Waals surface area contributed by atoms with E-state index in [1.54, 1.807) is 20.0 Å². The van der Waals surface area contributed by atoms with Crippen LogP contribution in [-0.4, -0.2) is 50.1 Å². The Morgan fingerprint density at radius 3 is 2.67 bits per heavy atom. The molecule has 0 spiro atoms. The summed E-state index contributed by atoms with van der Waals surface area (Å²) in [7, 11) is 1.60. The lowest BCUT2D eigenvalue weighted by molar-refractivity contribution is -0.198. The van der Waals surface area contributed by atoms with Crippen molar-refractivity contribution in [2.24, 2.45) is 5.92 Å². The lowest BCUT2D eigenvalue weighted by atomic mass is 9.84. The van der Waals surface area contributed by atoms with Gasteiger partial charge in [-0.05, 0) is 69.3 Å². The van der Waals surface area contributed by atoms with Gasteiger partial charge >= 0.3 is 12.1 Å². The highest BCUT2D eigenvalue weighted by atomic mass is 35.5. The molecule has 2 aromatic heterocycles. The topological polar surface area (TPSA) is 128 Å². The molecular formula is C26H28ClF3N6O3. The molecule has 3 atom stereocenters. The second-order valence-corrected chi connectivity index (χ2v) is 9.82. The van der Waals surface area contributed by atoms with Crippen molar-refractivity contribution >= 4 is 29.1 Å². The van der Waals surface area contributed by atoms with Crippen LogP contribution in [0, 0.1) is 12.8 Å². The minimum Gasteiger partial charge on any atom is -0.480 e. The molecule has 9 nitrogen and oxygen atoms in total. The third kappa shape index (κ3) is 6.87. The van der Waals surface area contributed by atoms with Gasteiger partial charge in [-0.15, -0.1) is 0 Å². The summed E-state index contributed by atoms with van der Waals surface area (Å²) < 4.78 is 49.9. The number of rotatable bonds is 9. The van der Waals surface area contributed by atoms with E-state index in [0.29, 0.717) is 37.1 Å². The molecule has 13 heteroatoms. The number of aryl methyl sites for hydroxylation is 1. The predicted octanol–water partition coefficient (Wildman–Crippen LogP) is 5.13. The van der Waals surface area contributed by atoms with Crippen molar-refractivity contribution in [2.75, 3.05) is 12.8 Å². The van der Waals surface area contributed by atoms with Crippen molar-refractivity contribution in [1.82, 2.24) is 25.1 Å². The fourth-order valence-electron chi connectivity index (χ4n) is 4.59. The fourth-order valence-corrected chi connectivity index (χ4v) is 4.76. The molecule has 208 valence electrons. The number of aliphatic carboxylic acids is 1. The lowest BCUT2D eigenvalue weighted by Crippen LogP contribution is -2.35. The highest BCUT2D eigenvalue weighted by Gasteiger charge is 2.45. The normalized spacial score (nSPS) is 17.4. The molecule has 4 rings (SSSR count). The van der Waals surface area contributed by atoms with E-state index in [4.69, 9.17) is 22.1 Å². The average molecular weight is 565 g/mol. The highest BCUT2D eigenvalue weighted by molar-refractivity contribution is 6.30. The number of nitrogens with two attached hydrogens (primary N) is 1. The quantitative estimate of drug-likeness (QED) is 0.326. The van der Waals surface area contributed by atoms with E-state index in [1.165, 1.54) is 35.1 Å². The second-order valence-electron chi connectivity index (χ2n) is 9.38. The first-order valence-electron chi connectivity index (χ1n) is 12.2. The first kappa shape index (κ1) is 28.4. The predicted molar refractivity (Wildman–Crippen MR) is 140 cm³/mol. The molecule has 0 bridgehead atoms. The summed E-state index contributed by atoms with van der Waals surface area (Å²) in [5, 5.41) is 16.5. The summed E-state index contributed by atoms with van der Waals surface area (Å²) in [5.74, 6) is -1.34. The number of alkyl halides is 3. The van der Waals surface area contributed by atoms with E-state index < -0.39 is 24.3 Å². The van der Waals surface area contributed by atoms with E-state index >= 15 is 0 Å². The van der Waals surface area contributed by atoms with Crippen LogP contribution in [0.2, 0.25) is 5.02 Å². The Labute approximate surface area is 227 Å². The highest BCUT2D eigenvalue weighted by Crippen LogP contribution is 2.40. The van der Waals surface area contributed by atoms with Gasteiger partial charge in [-0.2, -0.15) is 23.3 Å². The number of hydrogen-bond donors (Lipinski definition) is 3. The maximum Gasteiger partial charge on any atom is 0.429 e. The van der Waals surface area contributed by atoms with Crippen molar-refractivity contribution in [3.8, 4) is 11.6 Å². The van der Waals surface area contributed by atoms with E-state index in [-0.39, 0.29) is 34.0 Å². The average Bonchev–Trinajstić information content (AvgIpc) is 3.31. The summed E-state index contributed by atoms with van der Waals surface area (Å²) >= 11 is 6.10. The van der Waals surface area contributed by atoms with Gasteiger partial charge in [0, 0.05) is 22.8 Å². The van der Waals surface area contributed by atoms with Gasteiger partial charge in [-0.1, -0.05) is 23.7 Å². The smallest absolute Gasteiger partial charge is 0.429 e. The molecule has 3 aromatic rings. The molecule has 0 saturated heterocycles. The number of likely N-dealkylation sites (N-methyl/N-ethyl adjacent to an activating group) is 1. The molecule has 0 amide bonds. The minimum atomic E-state index is -4.81. The van der Waals surface area contributed by atoms with Crippen LogP contribution in [0.25, 0.3) is 11.3 Å². The van der Waals surface area contributed by atoms with E-state index in [1.807, 2.05) is 6.08 Å². The lowest BCUT2D eigenvalue weighted by Gasteiger charge is -2.25. The Bertz CT molecular complexity index is 1380. The van der Waals surface area contributed by atoms with Crippen LogP contribution in [-0.2, 0) is 4.79 Å². The molecule has 0 fully saturated rings. The third-order valence-electron chi connectivity index (χ3n) is 6.56. The van der Waals surface area contributed by atoms with Crippen molar-refractivity contribution in [1.29, 1.82) is 0 Å². The van der Waals surface area contributed by atoms with Crippen LogP contribution in [0.1, 0.15) is 48.7 Å². The summed E-state index contributed by atoms with van der Waals surface area (Å²) in [6.07, 6.45) is -1.44. The van der Waals surface area contributed by atoms with Gasteiger partial charge in [-0.3, -0.25) is 4.79 Å². The first-order valence-corrected chi connectivity index (χ1v) is 12.6. The zero-order chi connectivity index (χ0) is 28.3. The van der Waals surface area contributed by atoms with E-state index in [2.05, 4.69) is 20.4 Å². The number of benzene rings is 1. The zero-order valence-electron chi connectivity index (χ0n) is 21.2. The van der Waals surface area contributed by atoms with Gasteiger partial charge in [-0.25, -0.2) is 9.67 Å². The van der Waals surface area contributed by atoms with E-state index in [0.717, 1.165) is 5.57 Å². The molecule has 1 unspecified atom stereocenters. The SMILES string of the molecule is CN[C@@H](CC1CC=C(c2cc(O[C@H](c3ccc(Cl)cc3-n3ccc(C)n3)C(F)(F)F)nc(N)n2)CC1)C(=O)O. The standard InChI is InChI=1S/C26H28ClF3N6O3/c1-14-9-10-36(35-14)21-12-17(27)7-8-18(21)23(26(28,29)30)39-22-13-19(33-25(31)34-22)16-5-3-15(4-6-16)11-20(32-2)24(37)38/h5,7-10,12-13,15,20,23,32H,3-4,6,11H2,1-2H3,(H,37,38)(H2,31,33,34)/t15?,20-,23+/m0/s1. The Balaban J connectivity index is 1.62. The maximum atomic E-state index is 14.4. The molecule has 1 aliphatic carbocycles. The summed E-state index contributed by atoms with van der Waals surface area (Å²) in [5.41, 5.74) is 7.53. The number of nitrogens with zero attached hydrogens (tertiary/aromatic N) is 4. The Morgan fingerprint density at radius 1 is 1.31 bits per heavy atom. The van der Waals surface area contributed by atoms with Gasteiger partial charge < -0.3 is 20.9 Å². The van der Waals surface area contributed by atoms with Gasteiger partial charge in [0.15, 0.2) is 0 Å². The van der Waals surface area contributed by atoms with Gasteiger partial charge in [0.2, 0.25) is 17.9 Å². The van der Waals surface area contributed by atoms with E-state index in [9.17, 15) is 23.1 Å². The molecule has 39 heavy (non-hydrogen) atoms. The molecule has 1 aliphatic rings. The first-order chi connectivity index (χ1) is 18.4. The Hall–Kier alpha value is -3.64. The largest absolute Gasteiger partial charge is 0.480 e. The number of hydrogen-bond acceptors (Lipinski definition) is 7. The van der Waals surface area contributed by atoms with Gasteiger partial charge in [0.1, 0.15) is 6.04 Å². The van der Waals surface area contributed by atoms with Crippen LogP contribution in [0.3, 0.4) is 0 Å². The van der Waals surface area contributed by atoms with Crippen molar-refractivity contribution < 1.29 is 27.8 Å². The monoisotopic (exact) mass is 564 g/mol. The van der Waals surface area contributed by atoms with Crippen LogP contribution < -0.4 is 15.8 Å². The molecule has 0 aliphatic heterocycles. The number of carboxylic acid groups (broad SMARTS) is 1.